The number of hydrogen-bond donors (Lipinski definition) is 2. The molecule has 1 saturated heterocycles. The number of benzene rings is 1. The number of carbonyl (C=O) groups is 1. The molecule has 0 bridgehead atoms. The number of tetrazole rings is 1. The van der Waals surface area contributed by atoms with Crippen LogP contribution in [0.4, 0.5) is 0 Å². The molecule has 10 heteroatoms. The van der Waals surface area contributed by atoms with Gasteiger partial charge in [-0.15, -0.1) is 10.2 Å². The first-order chi connectivity index (χ1) is 15.1. The van der Waals surface area contributed by atoms with Gasteiger partial charge in [-0.2, -0.15) is 4.80 Å². The summed E-state index contributed by atoms with van der Waals surface area (Å²) in [6.45, 7) is 4.98. The third kappa shape index (κ3) is 5.41. The Kier molecular flexibility index (Phi) is 6.48. The molecule has 0 saturated carbocycles. The van der Waals surface area contributed by atoms with Crippen molar-refractivity contribution < 1.29 is 14.3 Å². The van der Waals surface area contributed by atoms with E-state index in [1.807, 2.05) is 37.3 Å². The van der Waals surface area contributed by atoms with Gasteiger partial charge in [-0.3, -0.25) is 4.79 Å². The number of aromatic nitrogens is 5. The van der Waals surface area contributed by atoms with E-state index in [0.29, 0.717) is 42.5 Å². The molecule has 0 radical (unpaired) electrons. The number of hydrogen-bond acceptors (Lipinski definition) is 8. The fourth-order valence-electron chi connectivity index (χ4n) is 3.32. The van der Waals surface area contributed by atoms with Crippen LogP contribution < -0.4 is 15.4 Å². The van der Waals surface area contributed by atoms with Crippen LogP contribution in [0.25, 0.3) is 11.4 Å². The van der Waals surface area contributed by atoms with E-state index in [2.05, 4.69) is 31.0 Å². The van der Waals surface area contributed by atoms with Crippen molar-refractivity contribution in [3.63, 3.8) is 0 Å². The average molecular weight is 423 g/mol. The smallest absolute Gasteiger partial charge is 0.270 e. The summed E-state index contributed by atoms with van der Waals surface area (Å²) < 4.78 is 10.9. The lowest BCUT2D eigenvalue weighted by atomic mass is 10.1. The molecular weight excluding hydrogens is 398 g/mol. The summed E-state index contributed by atoms with van der Waals surface area (Å²) >= 11 is 0. The number of rotatable bonds is 7. The monoisotopic (exact) mass is 423 g/mol. The number of aryl methyl sites for hydroxylation is 1. The first-order valence-corrected chi connectivity index (χ1v) is 10.1. The van der Waals surface area contributed by atoms with Gasteiger partial charge in [0.1, 0.15) is 11.4 Å². The van der Waals surface area contributed by atoms with E-state index in [1.165, 1.54) is 4.80 Å². The summed E-state index contributed by atoms with van der Waals surface area (Å²) in [6.07, 6.45) is 0.00734. The summed E-state index contributed by atoms with van der Waals surface area (Å²) in [5.41, 5.74) is 2.62. The Morgan fingerprint density at radius 3 is 3.06 bits per heavy atom. The van der Waals surface area contributed by atoms with Crippen molar-refractivity contribution in [1.29, 1.82) is 0 Å². The summed E-state index contributed by atoms with van der Waals surface area (Å²) in [5.74, 6) is 0.907. The quantitative estimate of drug-likeness (QED) is 0.578. The highest BCUT2D eigenvalue weighted by atomic mass is 16.5. The van der Waals surface area contributed by atoms with Crippen LogP contribution in [0.2, 0.25) is 0 Å². The van der Waals surface area contributed by atoms with Crippen LogP contribution in [0.15, 0.2) is 36.4 Å². The number of ether oxygens (including phenoxy) is 2. The molecule has 0 unspecified atom stereocenters. The standard InChI is InChI=1S/C21H25N7O3/c1-14-8-16(20-25-27-28(26-20)13-18-12-22-6-7-31-18)10-19(24-14)21(29)23-11-15-4-3-5-17(9-15)30-2/h3-5,8-10,18,22H,6-7,11-13H2,1-2H3,(H,23,29)/t18-/m0/s1. The topological polar surface area (TPSA) is 116 Å². The van der Waals surface area contributed by atoms with E-state index >= 15 is 0 Å². The molecule has 2 aromatic heterocycles. The maximum absolute atomic E-state index is 12.7. The van der Waals surface area contributed by atoms with Crippen LogP contribution in [0.3, 0.4) is 0 Å². The lowest BCUT2D eigenvalue weighted by Crippen LogP contribution is -2.41. The highest BCUT2D eigenvalue weighted by Crippen LogP contribution is 2.17. The maximum Gasteiger partial charge on any atom is 0.270 e. The third-order valence-electron chi connectivity index (χ3n) is 4.86. The van der Waals surface area contributed by atoms with Gasteiger partial charge in [0, 0.05) is 30.9 Å². The second-order valence-corrected chi connectivity index (χ2v) is 7.28. The molecule has 1 aromatic carbocycles. The molecule has 1 amide bonds. The van der Waals surface area contributed by atoms with E-state index < -0.39 is 0 Å². The van der Waals surface area contributed by atoms with Gasteiger partial charge in [-0.1, -0.05) is 12.1 Å². The molecule has 4 rings (SSSR count). The molecule has 10 nitrogen and oxygen atoms in total. The SMILES string of the molecule is COc1cccc(CNC(=O)c2cc(-c3nnn(C[C@@H]4CNCCO4)n3)cc(C)n2)c1. The van der Waals surface area contributed by atoms with E-state index in [4.69, 9.17) is 9.47 Å². The Bertz CT molecular complexity index is 1050. The van der Waals surface area contributed by atoms with Crippen LogP contribution >= 0.6 is 0 Å². The average Bonchev–Trinajstić information content (AvgIpc) is 3.26. The number of pyridine rings is 1. The molecule has 1 atom stereocenters. The van der Waals surface area contributed by atoms with Crippen LogP contribution in [-0.2, 0) is 17.8 Å². The first kappa shape index (κ1) is 20.9. The van der Waals surface area contributed by atoms with Gasteiger partial charge in [0.25, 0.3) is 5.91 Å². The molecule has 3 heterocycles. The minimum Gasteiger partial charge on any atom is -0.497 e. The molecule has 162 valence electrons. The molecule has 2 N–H and O–H groups in total. The Labute approximate surface area is 180 Å². The second-order valence-electron chi connectivity index (χ2n) is 7.28. The van der Waals surface area contributed by atoms with Crippen molar-refractivity contribution in [2.24, 2.45) is 0 Å². The lowest BCUT2D eigenvalue weighted by Gasteiger charge is -2.22. The predicted octanol–water partition coefficient (Wildman–Crippen LogP) is 0.971. The number of nitrogens with one attached hydrogen (secondary N) is 2. The number of amides is 1. The summed E-state index contributed by atoms with van der Waals surface area (Å²) in [4.78, 5) is 18.6. The van der Waals surface area contributed by atoms with Crippen molar-refractivity contribution in [1.82, 2.24) is 35.8 Å². The third-order valence-corrected chi connectivity index (χ3v) is 4.86. The van der Waals surface area contributed by atoms with Gasteiger partial charge in [-0.05, 0) is 42.0 Å². The zero-order chi connectivity index (χ0) is 21.6. The van der Waals surface area contributed by atoms with E-state index in [0.717, 1.165) is 24.4 Å². The number of nitrogens with zero attached hydrogens (tertiary/aromatic N) is 5. The number of carbonyl (C=O) groups excluding carboxylic acids is 1. The van der Waals surface area contributed by atoms with E-state index in [-0.39, 0.29) is 12.0 Å². The Morgan fingerprint density at radius 1 is 1.35 bits per heavy atom. The lowest BCUT2D eigenvalue weighted by molar-refractivity contribution is 0.0133. The first-order valence-electron chi connectivity index (χ1n) is 10.1. The maximum atomic E-state index is 12.7. The zero-order valence-electron chi connectivity index (χ0n) is 17.5. The molecule has 3 aromatic rings. The fourth-order valence-corrected chi connectivity index (χ4v) is 3.32. The largest absolute Gasteiger partial charge is 0.497 e. The van der Waals surface area contributed by atoms with Gasteiger partial charge in [0.2, 0.25) is 5.82 Å². The Hall–Kier alpha value is -3.37. The minimum absolute atomic E-state index is 0.00734. The molecule has 0 aliphatic carbocycles. The van der Waals surface area contributed by atoms with Crippen molar-refractivity contribution in [2.75, 3.05) is 26.8 Å². The molecule has 1 aliphatic heterocycles. The molecule has 1 aliphatic rings. The summed E-state index contributed by atoms with van der Waals surface area (Å²) in [7, 11) is 1.61. The van der Waals surface area contributed by atoms with E-state index in [9.17, 15) is 4.79 Å². The van der Waals surface area contributed by atoms with Gasteiger partial charge in [-0.25, -0.2) is 4.98 Å². The normalized spacial score (nSPS) is 16.1. The Balaban J connectivity index is 1.44. The molecule has 0 spiro atoms. The number of methoxy groups -OCH3 is 1. The predicted molar refractivity (Wildman–Crippen MR) is 113 cm³/mol. The second kappa shape index (κ2) is 9.63. The van der Waals surface area contributed by atoms with Gasteiger partial charge >= 0.3 is 0 Å². The van der Waals surface area contributed by atoms with Crippen molar-refractivity contribution >= 4 is 5.91 Å². The fraction of sp³-hybridized carbons (Fsp3) is 0.381. The van der Waals surface area contributed by atoms with Crippen LogP contribution in [-0.4, -0.2) is 64.0 Å². The highest BCUT2D eigenvalue weighted by Gasteiger charge is 2.17. The highest BCUT2D eigenvalue weighted by molar-refractivity contribution is 5.93. The van der Waals surface area contributed by atoms with Crippen molar-refractivity contribution in [3.05, 3.63) is 53.3 Å². The van der Waals surface area contributed by atoms with Crippen molar-refractivity contribution in [3.8, 4) is 17.1 Å². The van der Waals surface area contributed by atoms with Gasteiger partial charge < -0.3 is 20.1 Å². The van der Waals surface area contributed by atoms with Crippen LogP contribution in [0, 0.1) is 6.92 Å². The molecule has 31 heavy (non-hydrogen) atoms. The van der Waals surface area contributed by atoms with Gasteiger partial charge in [0.05, 0.1) is 26.4 Å². The number of morpholine rings is 1. The zero-order valence-corrected chi connectivity index (χ0v) is 17.5. The molecular formula is C21H25N7O3. The van der Waals surface area contributed by atoms with Crippen LogP contribution in [0.5, 0.6) is 5.75 Å². The van der Waals surface area contributed by atoms with Crippen LogP contribution in [0.1, 0.15) is 21.7 Å². The van der Waals surface area contributed by atoms with Gasteiger partial charge in [0.15, 0.2) is 0 Å². The van der Waals surface area contributed by atoms with E-state index in [1.54, 1.807) is 13.2 Å². The summed E-state index contributed by atoms with van der Waals surface area (Å²) in [6, 6.07) is 11.0. The Morgan fingerprint density at radius 2 is 2.26 bits per heavy atom. The summed E-state index contributed by atoms with van der Waals surface area (Å²) in [5, 5.41) is 18.9. The van der Waals surface area contributed by atoms with Crippen molar-refractivity contribution in [2.45, 2.75) is 26.1 Å². The molecule has 1 fully saturated rings. The minimum atomic E-state index is -0.276.